The van der Waals surface area contributed by atoms with Crippen molar-refractivity contribution in [1.82, 2.24) is 18.9 Å². The Kier molecular flexibility index (Phi) is 7.69. The lowest BCUT2D eigenvalue weighted by atomic mass is 10.1. The number of halogens is 1. The van der Waals surface area contributed by atoms with E-state index in [9.17, 15) is 14.7 Å². The Morgan fingerprint density at radius 3 is 2.63 bits per heavy atom. The highest BCUT2D eigenvalue weighted by Crippen LogP contribution is 2.38. The summed E-state index contributed by atoms with van der Waals surface area (Å²) in [5.74, 6) is -1.78. The second-order valence-electron chi connectivity index (χ2n) is 10.6. The van der Waals surface area contributed by atoms with E-state index in [0.717, 1.165) is 74.2 Å². The van der Waals surface area contributed by atoms with Gasteiger partial charge >= 0.3 is 5.97 Å². The standard InChI is InChI=1S/C29H32FN7O3S/c30-24-15-22-26(37(20-6-7-20)18-23(28(22)38)29(39)40)16-27(24)35-12-10-34(11-13-35)8-3-9-36-21(17-32-33-41-31)14-19-4-1-2-5-25(19)36/h1-2,4-5,14-18,20,33H,3,6-13,31H2,(H,39,40)/b32-17-. The molecule has 4 aromatic rings. The third kappa shape index (κ3) is 5.54. The van der Waals surface area contributed by atoms with E-state index in [1.54, 1.807) is 12.3 Å². The van der Waals surface area contributed by atoms with E-state index in [1.165, 1.54) is 12.3 Å². The summed E-state index contributed by atoms with van der Waals surface area (Å²) < 4.78 is 19.4. The van der Waals surface area contributed by atoms with E-state index < -0.39 is 17.2 Å². The van der Waals surface area contributed by atoms with Crippen LogP contribution in [0.4, 0.5) is 10.1 Å². The zero-order valence-corrected chi connectivity index (χ0v) is 23.3. The quantitative estimate of drug-likeness (QED) is 0.148. The van der Waals surface area contributed by atoms with Crippen LogP contribution < -0.4 is 20.3 Å². The van der Waals surface area contributed by atoms with Gasteiger partial charge in [-0.15, -0.1) is 0 Å². The second kappa shape index (κ2) is 11.6. The van der Waals surface area contributed by atoms with Crippen LogP contribution in [0.1, 0.15) is 41.4 Å². The summed E-state index contributed by atoms with van der Waals surface area (Å²) >= 11 is 0.949. The molecule has 2 aromatic carbocycles. The van der Waals surface area contributed by atoms with E-state index in [-0.39, 0.29) is 17.0 Å². The molecule has 0 unspecified atom stereocenters. The summed E-state index contributed by atoms with van der Waals surface area (Å²) in [6.45, 7) is 4.66. The van der Waals surface area contributed by atoms with Crippen molar-refractivity contribution in [2.75, 3.05) is 37.6 Å². The average molecular weight is 578 g/mol. The molecular formula is C29H32FN7O3S. The summed E-state index contributed by atoms with van der Waals surface area (Å²) in [5, 5.41) is 20.3. The number of piperazine rings is 1. The molecule has 6 rings (SSSR count). The summed E-state index contributed by atoms with van der Waals surface area (Å²) in [6.07, 6.45) is 5.98. The third-order valence-electron chi connectivity index (χ3n) is 7.99. The molecule has 3 heterocycles. The molecule has 214 valence electrons. The van der Waals surface area contributed by atoms with Crippen molar-refractivity contribution in [3.63, 3.8) is 0 Å². The Morgan fingerprint density at radius 1 is 1.12 bits per heavy atom. The van der Waals surface area contributed by atoms with E-state index in [0.29, 0.717) is 24.3 Å². The molecule has 1 saturated carbocycles. The number of pyridine rings is 1. The van der Waals surface area contributed by atoms with Gasteiger partial charge in [0.15, 0.2) is 0 Å². The minimum atomic E-state index is -1.29. The Hall–Kier alpha value is -3.87. The van der Waals surface area contributed by atoms with Crippen LogP contribution in [0.3, 0.4) is 0 Å². The van der Waals surface area contributed by atoms with Crippen molar-refractivity contribution < 1.29 is 14.3 Å². The van der Waals surface area contributed by atoms with E-state index in [2.05, 4.69) is 37.6 Å². The average Bonchev–Trinajstić information content (AvgIpc) is 3.76. The van der Waals surface area contributed by atoms with Crippen molar-refractivity contribution in [2.24, 2.45) is 10.2 Å². The van der Waals surface area contributed by atoms with E-state index >= 15 is 4.39 Å². The van der Waals surface area contributed by atoms with Gasteiger partial charge in [0.25, 0.3) is 0 Å². The molecule has 2 fully saturated rings. The highest BCUT2D eigenvalue weighted by atomic mass is 32.2. The molecule has 0 amide bonds. The van der Waals surface area contributed by atoms with Crippen LogP contribution in [0.15, 0.2) is 58.6 Å². The summed E-state index contributed by atoms with van der Waals surface area (Å²) in [6, 6.07) is 13.5. The fraction of sp³-hybridized carbons (Fsp3) is 0.345. The molecule has 10 nitrogen and oxygen atoms in total. The van der Waals surface area contributed by atoms with Crippen molar-refractivity contribution in [1.29, 1.82) is 0 Å². The third-order valence-corrected chi connectivity index (χ3v) is 8.20. The minimum Gasteiger partial charge on any atom is -0.477 e. The smallest absolute Gasteiger partial charge is 0.341 e. The van der Waals surface area contributed by atoms with Crippen LogP contribution in [0.2, 0.25) is 0 Å². The predicted octanol–water partition coefficient (Wildman–Crippen LogP) is 3.79. The largest absolute Gasteiger partial charge is 0.477 e. The molecule has 4 N–H and O–H groups in total. The molecule has 41 heavy (non-hydrogen) atoms. The number of carboxylic acids is 1. The van der Waals surface area contributed by atoms with Crippen LogP contribution >= 0.6 is 12.1 Å². The van der Waals surface area contributed by atoms with Gasteiger partial charge in [-0.3, -0.25) is 14.8 Å². The number of carbonyl (C=O) groups is 1. The number of benzene rings is 2. The number of aromatic nitrogens is 2. The number of hydrogen-bond donors (Lipinski definition) is 3. The maximum atomic E-state index is 15.3. The van der Waals surface area contributed by atoms with E-state index in [1.807, 2.05) is 21.6 Å². The van der Waals surface area contributed by atoms with Gasteiger partial charge in [0, 0.05) is 73.4 Å². The number of rotatable bonds is 10. The molecule has 0 atom stereocenters. The zero-order chi connectivity index (χ0) is 28.5. The van der Waals surface area contributed by atoms with Gasteiger partial charge in [0.2, 0.25) is 5.43 Å². The monoisotopic (exact) mass is 577 g/mol. The number of aryl methyl sites for hydroxylation is 1. The molecule has 2 aromatic heterocycles. The number of aromatic carboxylic acids is 1. The molecule has 0 spiro atoms. The van der Waals surface area contributed by atoms with Gasteiger partial charge in [-0.1, -0.05) is 18.2 Å². The van der Waals surface area contributed by atoms with Crippen LogP contribution in [0.25, 0.3) is 21.8 Å². The second-order valence-corrected chi connectivity index (χ2v) is 11.0. The summed E-state index contributed by atoms with van der Waals surface area (Å²) in [7, 11) is 0. The maximum Gasteiger partial charge on any atom is 0.341 e. The number of nitrogens with zero attached hydrogens (tertiary/aromatic N) is 5. The SMILES string of the molecule is NSN/N=C\c1cc2ccccc2n1CCCN1CCN(c2cc3c(cc2F)c(=O)c(C(=O)O)cn3C2CC2)CC1. The molecule has 1 aliphatic carbocycles. The zero-order valence-electron chi connectivity index (χ0n) is 22.5. The Bertz CT molecular complexity index is 1690. The lowest BCUT2D eigenvalue weighted by molar-refractivity contribution is 0.0695. The normalized spacial score (nSPS) is 16.3. The van der Waals surface area contributed by atoms with Crippen molar-refractivity contribution in [3.8, 4) is 0 Å². The van der Waals surface area contributed by atoms with Crippen molar-refractivity contribution in [2.45, 2.75) is 31.8 Å². The van der Waals surface area contributed by atoms with Crippen molar-refractivity contribution in [3.05, 3.63) is 76.0 Å². The number of anilines is 1. The lowest BCUT2D eigenvalue weighted by Gasteiger charge is -2.36. The first-order chi connectivity index (χ1) is 19.9. The Balaban J connectivity index is 1.13. The molecular weight excluding hydrogens is 545 g/mol. The van der Waals surface area contributed by atoms with Crippen LogP contribution in [-0.4, -0.2) is 64.0 Å². The number of fused-ring (bicyclic) bond motifs is 2. The van der Waals surface area contributed by atoms with Crippen LogP contribution in [0.5, 0.6) is 0 Å². The van der Waals surface area contributed by atoms with Crippen LogP contribution in [0, 0.1) is 5.82 Å². The molecule has 0 bridgehead atoms. The Morgan fingerprint density at radius 2 is 1.90 bits per heavy atom. The predicted molar refractivity (Wildman–Crippen MR) is 161 cm³/mol. The van der Waals surface area contributed by atoms with Gasteiger partial charge in [-0.2, -0.15) is 5.10 Å². The number of nitrogens with one attached hydrogen (secondary N) is 1. The fourth-order valence-electron chi connectivity index (χ4n) is 5.78. The summed E-state index contributed by atoms with van der Waals surface area (Å²) in [5.41, 5.74) is 2.26. The number of hydrazone groups is 1. The highest BCUT2D eigenvalue weighted by molar-refractivity contribution is 7.95. The summed E-state index contributed by atoms with van der Waals surface area (Å²) in [4.78, 5) is 31.5. The molecule has 1 aliphatic heterocycles. The number of nitrogens with two attached hydrogens (primary N) is 1. The van der Waals surface area contributed by atoms with Crippen molar-refractivity contribution >= 4 is 51.8 Å². The van der Waals surface area contributed by atoms with E-state index in [4.69, 9.17) is 5.14 Å². The van der Waals surface area contributed by atoms with Gasteiger partial charge in [-0.25, -0.2) is 14.0 Å². The highest BCUT2D eigenvalue weighted by Gasteiger charge is 2.28. The first-order valence-corrected chi connectivity index (χ1v) is 14.6. The van der Waals surface area contributed by atoms with Gasteiger partial charge < -0.3 is 19.1 Å². The molecule has 1 saturated heterocycles. The molecule has 12 heteroatoms. The number of para-hydroxylation sites is 1. The van der Waals surface area contributed by atoms with Gasteiger partial charge in [-0.05, 0) is 50.1 Å². The first kappa shape index (κ1) is 27.3. The van der Waals surface area contributed by atoms with Gasteiger partial charge in [0.05, 0.1) is 23.1 Å². The Labute approximate surface area is 240 Å². The van der Waals surface area contributed by atoms with Crippen LogP contribution in [-0.2, 0) is 6.54 Å². The molecule has 0 radical (unpaired) electrons. The van der Waals surface area contributed by atoms with Gasteiger partial charge in [0.1, 0.15) is 11.4 Å². The number of carboxylic acid groups (broad SMARTS) is 1. The first-order valence-electron chi connectivity index (χ1n) is 13.8. The fourth-order valence-corrected chi connectivity index (χ4v) is 5.90. The topological polar surface area (TPSA) is 121 Å². The molecule has 2 aliphatic rings. The lowest BCUT2D eigenvalue weighted by Crippen LogP contribution is -2.47. The number of hydrogen-bond acceptors (Lipinski definition) is 8. The maximum absolute atomic E-state index is 15.3. The minimum absolute atomic E-state index is 0.121.